The van der Waals surface area contributed by atoms with Gasteiger partial charge in [-0.15, -0.1) is 0 Å². The van der Waals surface area contributed by atoms with E-state index < -0.39 is 0 Å². The van der Waals surface area contributed by atoms with Gasteiger partial charge in [0.05, 0.1) is 6.61 Å². The monoisotopic (exact) mass is 259 g/mol. The lowest BCUT2D eigenvalue weighted by molar-refractivity contribution is 0.245. The predicted octanol–water partition coefficient (Wildman–Crippen LogP) is 3.89. The summed E-state index contributed by atoms with van der Waals surface area (Å²) in [6, 6.07) is 8.92. The van der Waals surface area contributed by atoms with E-state index in [1.165, 1.54) is 11.1 Å². The summed E-state index contributed by atoms with van der Waals surface area (Å²) in [5.74, 6) is 1.59. The Kier molecular flexibility index (Phi) is 5.03. The van der Waals surface area contributed by atoms with Gasteiger partial charge in [0.1, 0.15) is 5.75 Å². The van der Waals surface area contributed by atoms with Crippen LogP contribution in [-0.4, -0.2) is 19.2 Å². The molecule has 1 aromatic rings. The molecular formula is C17H25NO. The second kappa shape index (κ2) is 6.76. The van der Waals surface area contributed by atoms with Crippen molar-refractivity contribution in [3.63, 3.8) is 0 Å². The lowest BCUT2D eigenvalue weighted by Crippen LogP contribution is -2.37. The van der Waals surface area contributed by atoms with Crippen LogP contribution in [0.5, 0.6) is 5.75 Å². The number of fused-ring (bicyclic) bond motifs is 1. The molecule has 2 nitrogen and oxygen atoms in total. The van der Waals surface area contributed by atoms with Crippen molar-refractivity contribution < 1.29 is 4.74 Å². The van der Waals surface area contributed by atoms with Crippen molar-refractivity contribution in [3.05, 3.63) is 42.0 Å². The SMILES string of the molecule is C=C(CC)CC(NCC)C1CCOc2ccccc21. The molecule has 2 rings (SSSR count). The van der Waals surface area contributed by atoms with Crippen LogP contribution in [0.25, 0.3) is 0 Å². The maximum absolute atomic E-state index is 5.76. The molecule has 0 amide bonds. The molecule has 2 unspecified atom stereocenters. The summed E-state index contributed by atoms with van der Waals surface area (Å²) < 4.78 is 5.76. The Balaban J connectivity index is 2.20. The molecule has 0 saturated carbocycles. The summed E-state index contributed by atoms with van der Waals surface area (Å²) in [6.07, 6.45) is 3.21. The second-order valence-corrected chi connectivity index (χ2v) is 5.25. The average Bonchev–Trinajstić information content (AvgIpc) is 2.46. The first-order valence-corrected chi connectivity index (χ1v) is 7.38. The lowest BCUT2D eigenvalue weighted by Gasteiger charge is -2.33. The van der Waals surface area contributed by atoms with Gasteiger partial charge in [-0.1, -0.05) is 44.2 Å². The van der Waals surface area contributed by atoms with E-state index in [1.54, 1.807) is 0 Å². The number of hydrogen-bond acceptors (Lipinski definition) is 2. The predicted molar refractivity (Wildman–Crippen MR) is 80.8 cm³/mol. The fourth-order valence-electron chi connectivity index (χ4n) is 2.86. The van der Waals surface area contributed by atoms with E-state index in [9.17, 15) is 0 Å². The van der Waals surface area contributed by atoms with Crippen LogP contribution in [0.3, 0.4) is 0 Å². The molecule has 2 atom stereocenters. The molecule has 104 valence electrons. The summed E-state index contributed by atoms with van der Waals surface area (Å²) in [5, 5.41) is 3.64. The third-order valence-corrected chi connectivity index (χ3v) is 3.97. The van der Waals surface area contributed by atoms with Crippen LogP contribution in [0.2, 0.25) is 0 Å². The number of ether oxygens (including phenoxy) is 1. The Morgan fingerprint density at radius 1 is 1.42 bits per heavy atom. The van der Waals surface area contributed by atoms with Gasteiger partial charge in [-0.2, -0.15) is 0 Å². The fourth-order valence-corrected chi connectivity index (χ4v) is 2.86. The highest BCUT2D eigenvalue weighted by atomic mass is 16.5. The molecule has 1 aromatic carbocycles. The minimum atomic E-state index is 0.475. The van der Waals surface area contributed by atoms with Gasteiger partial charge in [-0.3, -0.25) is 0 Å². The van der Waals surface area contributed by atoms with E-state index in [-0.39, 0.29) is 0 Å². The summed E-state index contributed by atoms with van der Waals surface area (Å²) in [5.41, 5.74) is 2.68. The van der Waals surface area contributed by atoms with Crippen LogP contribution in [0, 0.1) is 0 Å². The topological polar surface area (TPSA) is 21.3 Å². The number of nitrogens with one attached hydrogen (secondary N) is 1. The van der Waals surface area contributed by atoms with Gasteiger partial charge in [-0.05, 0) is 37.4 Å². The normalized spacial score (nSPS) is 19.4. The van der Waals surface area contributed by atoms with Crippen LogP contribution < -0.4 is 10.1 Å². The van der Waals surface area contributed by atoms with Crippen molar-refractivity contribution in [3.8, 4) is 5.75 Å². The molecular weight excluding hydrogens is 234 g/mol. The molecule has 1 aliphatic rings. The standard InChI is InChI=1S/C17H25NO/c1-4-13(3)12-16(18-5-2)14-10-11-19-17-9-7-6-8-15(14)17/h6-9,14,16,18H,3-5,10-12H2,1-2H3. The Hall–Kier alpha value is -1.28. The maximum Gasteiger partial charge on any atom is 0.122 e. The van der Waals surface area contributed by atoms with Gasteiger partial charge in [0, 0.05) is 12.0 Å². The zero-order chi connectivity index (χ0) is 13.7. The molecule has 2 heteroatoms. The summed E-state index contributed by atoms with van der Waals surface area (Å²) in [6.45, 7) is 10.4. The van der Waals surface area contributed by atoms with Crippen molar-refractivity contribution in [2.45, 2.75) is 45.1 Å². The minimum Gasteiger partial charge on any atom is -0.493 e. The van der Waals surface area contributed by atoms with E-state index in [2.05, 4.69) is 50.0 Å². The quantitative estimate of drug-likeness (QED) is 0.783. The highest BCUT2D eigenvalue weighted by Crippen LogP contribution is 2.37. The van der Waals surface area contributed by atoms with Crippen molar-refractivity contribution in [2.75, 3.05) is 13.2 Å². The first-order valence-electron chi connectivity index (χ1n) is 7.38. The Labute approximate surface area is 116 Å². The molecule has 19 heavy (non-hydrogen) atoms. The van der Waals surface area contributed by atoms with E-state index in [0.717, 1.165) is 38.2 Å². The fraction of sp³-hybridized carbons (Fsp3) is 0.529. The van der Waals surface area contributed by atoms with Gasteiger partial charge < -0.3 is 10.1 Å². The van der Waals surface area contributed by atoms with Crippen LogP contribution in [0.15, 0.2) is 36.4 Å². The molecule has 0 radical (unpaired) electrons. The Bertz CT molecular complexity index is 427. The first kappa shape index (κ1) is 14.1. The highest BCUT2D eigenvalue weighted by Gasteiger charge is 2.28. The number of likely N-dealkylation sites (N-methyl/N-ethyl adjacent to an activating group) is 1. The van der Waals surface area contributed by atoms with Gasteiger partial charge >= 0.3 is 0 Å². The lowest BCUT2D eigenvalue weighted by atomic mass is 9.83. The molecule has 0 aliphatic carbocycles. The minimum absolute atomic E-state index is 0.475. The zero-order valence-corrected chi connectivity index (χ0v) is 12.1. The number of rotatable bonds is 6. The number of hydrogen-bond donors (Lipinski definition) is 1. The zero-order valence-electron chi connectivity index (χ0n) is 12.1. The Morgan fingerprint density at radius 2 is 2.21 bits per heavy atom. The van der Waals surface area contributed by atoms with E-state index >= 15 is 0 Å². The van der Waals surface area contributed by atoms with Crippen LogP contribution in [-0.2, 0) is 0 Å². The molecule has 0 saturated heterocycles. The van der Waals surface area contributed by atoms with Crippen molar-refractivity contribution >= 4 is 0 Å². The number of benzene rings is 1. The smallest absolute Gasteiger partial charge is 0.122 e. The van der Waals surface area contributed by atoms with Crippen molar-refractivity contribution in [1.29, 1.82) is 0 Å². The third kappa shape index (κ3) is 3.38. The summed E-state index contributed by atoms with van der Waals surface area (Å²) in [7, 11) is 0. The molecule has 0 spiro atoms. The molecule has 1 N–H and O–H groups in total. The van der Waals surface area contributed by atoms with E-state index in [0.29, 0.717) is 12.0 Å². The second-order valence-electron chi connectivity index (χ2n) is 5.25. The van der Waals surface area contributed by atoms with Crippen LogP contribution >= 0.6 is 0 Å². The highest BCUT2D eigenvalue weighted by molar-refractivity contribution is 5.39. The van der Waals surface area contributed by atoms with Gasteiger partial charge in [0.15, 0.2) is 0 Å². The summed E-state index contributed by atoms with van der Waals surface area (Å²) >= 11 is 0. The molecule has 0 bridgehead atoms. The van der Waals surface area contributed by atoms with Crippen LogP contribution in [0.1, 0.15) is 44.6 Å². The molecule has 0 fully saturated rings. The van der Waals surface area contributed by atoms with Gasteiger partial charge in [0.25, 0.3) is 0 Å². The maximum atomic E-state index is 5.76. The summed E-state index contributed by atoms with van der Waals surface area (Å²) in [4.78, 5) is 0. The number of para-hydroxylation sites is 1. The third-order valence-electron chi connectivity index (χ3n) is 3.97. The van der Waals surface area contributed by atoms with Gasteiger partial charge in [0.2, 0.25) is 0 Å². The van der Waals surface area contributed by atoms with Crippen LogP contribution in [0.4, 0.5) is 0 Å². The van der Waals surface area contributed by atoms with E-state index in [1.807, 2.05) is 0 Å². The van der Waals surface area contributed by atoms with E-state index in [4.69, 9.17) is 4.74 Å². The first-order chi connectivity index (χ1) is 9.26. The molecule has 1 heterocycles. The average molecular weight is 259 g/mol. The largest absolute Gasteiger partial charge is 0.493 e. The molecule has 1 aliphatic heterocycles. The van der Waals surface area contributed by atoms with Gasteiger partial charge in [-0.25, -0.2) is 0 Å². The Morgan fingerprint density at radius 3 is 2.95 bits per heavy atom. The van der Waals surface area contributed by atoms with Crippen molar-refractivity contribution in [2.24, 2.45) is 0 Å². The van der Waals surface area contributed by atoms with Crippen molar-refractivity contribution in [1.82, 2.24) is 5.32 Å². The molecule has 0 aromatic heterocycles.